The molecule has 0 aromatic heterocycles. The largest absolute Gasteiger partial charge is 0.455 e. The third-order valence-electron chi connectivity index (χ3n) is 21.2. The highest BCUT2D eigenvalue weighted by Gasteiger charge is 2.74. The van der Waals surface area contributed by atoms with Gasteiger partial charge in [0.1, 0.15) is 96.7 Å². The van der Waals surface area contributed by atoms with E-state index in [4.69, 9.17) is 42.6 Å². The Morgan fingerprint density at radius 2 is 1.20 bits per heavy atom. The molecule has 28 atom stereocenters. The van der Waals surface area contributed by atoms with Crippen LogP contribution in [-0.2, 0) is 47.4 Å². The van der Waals surface area contributed by atoms with Gasteiger partial charge in [0.25, 0.3) is 0 Å². The number of hydrogen-bond donors (Lipinski definition) is 12. The zero-order valence-corrected chi connectivity index (χ0v) is 44.1. The molecule has 0 amide bonds. The minimum absolute atomic E-state index is 0.0720. The molecule has 5 aliphatic carbocycles. The van der Waals surface area contributed by atoms with Crippen molar-refractivity contribution in [1.82, 2.24) is 0 Å². The molecule has 0 aromatic rings. The quantitative estimate of drug-likeness (QED) is 0.0892. The van der Waals surface area contributed by atoms with Gasteiger partial charge >= 0.3 is 5.97 Å². The minimum Gasteiger partial charge on any atom is -0.455 e. The highest BCUT2D eigenvalue weighted by molar-refractivity contribution is 5.86. The number of aliphatic hydroxyl groups is 12. The van der Waals surface area contributed by atoms with Crippen LogP contribution >= 0.6 is 0 Å². The fourth-order valence-electron chi connectivity index (χ4n) is 16.2. The Labute approximate surface area is 436 Å². The Kier molecular flexibility index (Phi) is 14.6. The lowest BCUT2D eigenvalue weighted by Gasteiger charge is -2.71. The van der Waals surface area contributed by atoms with Crippen molar-refractivity contribution in [3.05, 3.63) is 23.3 Å². The van der Waals surface area contributed by atoms with Crippen LogP contribution in [0.3, 0.4) is 0 Å². The monoisotopic (exact) mass is 1070 g/mol. The molecule has 426 valence electrons. The number of hydrogen-bond acceptors (Lipinski definition) is 22. The Bertz CT molecular complexity index is 2210. The van der Waals surface area contributed by atoms with Crippen LogP contribution in [0.5, 0.6) is 0 Å². The summed E-state index contributed by atoms with van der Waals surface area (Å²) in [4.78, 5) is 13.9. The molecular formula is C53H82O22. The predicted molar refractivity (Wildman–Crippen MR) is 255 cm³/mol. The van der Waals surface area contributed by atoms with Crippen molar-refractivity contribution in [2.75, 3.05) is 19.8 Å². The minimum atomic E-state index is -1.96. The van der Waals surface area contributed by atoms with Gasteiger partial charge in [-0.2, -0.15) is 0 Å². The fourth-order valence-corrected chi connectivity index (χ4v) is 16.2. The van der Waals surface area contributed by atoms with E-state index in [0.717, 1.165) is 30.4 Å². The summed E-state index contributed by atoms with van der Waals surface area (Å²) >= 11 is 0. The van der Waals surface area contributed by atoms with Crippen molar-refractivity contribution in [2.45, 2.75) is 241 Å². The average molecular weight is 1070 g/mol. The molecule has 3 saturated carbocycles. The van der Waals surface area contributed by atoms with Crippen molar-refractivity contribution in [3.8, 4) is 0 Å². The number of aliphatic hydroxyl groups excluding tert-OH is 11. The predicted octanol–water partition coefficient (Wildman–Crippen LogP) is -1.32. The number of rotatable bonds is 10. The topological polar surface area (TPSA) is 343 Å². The first-order valence-electron chi connectivity index (χ1n) is 27.0. The van der Waals surface area contributed by atoms with E-state index in [1.165, 1.54) is 6.92 Å². The maximum atomic E-state index is 13.9. The third-order valence-corrected chi connectivity index (χ3v) is 21.2. The van der Waals surface area contributed by atoms with Gasteiger partial charge in [-0.1, -0.05) is 46.8 Å². The summed E-state index contributed by atoms with van der Waals surface area (Å²) in [5.41, 5.74) is -2.80. The van der Waals surface area contributed by atoms with E-state index in [1.807, 2.05) is 13.8 Å². The Balaban J connectivity index is 0.949. The number of fused-ring (bicyclic) bond motifs is 7. The van der Waals surface area contributed by atoms with Crippen molar-refractivity contribution in [2.24, 2.45) is 38.9 Å². The van der Waals surface area contributed by atoms with Gasteiger partial charge in [-0.05, 0) is 117 Å². The molecule has 22 heteroatoms. The highest BCUT2D eigenvalue weighted by Crippen LogP contribution is 2.75. The van der Waals surface area contributed by atoms with Gasteiger partial charge in [0.15, 0.2) is 25.2 Å². The van der Waals surface area contributed by atoms with Crippen molar-refractivity contribution in [1.29, 1.82) is 0 Å². The van der Waals surface area contributed by atoms with Crippen LogP contribution in [0.25, 0.3) is 0 Å². The van der Waals surface area contributed by atoms with Crippen molar-refractivity contribution < 1.29 is 109 Å². The van der Waals surface area contributed by atoms with E-state index in [-0.39, 0.29) is 34.1 Å². The molecule has 2 bridgehead atoms. The van der Waals surface area contributed by atoms with Gasteiger partial charge < -0.3 is 104 Å². The van der Waals surface area contributed by atoms with Gasteiger partial charge in [-0.15, -0.1) is 0 Å². The molecule has 11 aliphatic rings. The van der Waals surface area contributed by atoms with E-state index in [0.29, 0.717) is 32.1 Å². The first-order chi connectivity index (χ1) is 35.1. The number of ether oxygens (including phenoxy) is 9. The molecule has 6 aliphatic heterocycles. The molecule has 0 aromatic carbocycles. The lowest BCUT2D eigenvalue weighted by atomic mass is 9.35. The molecule has 1 spiro atoms. The summed E-state index contributed by atoms with van der Waals surface area (Å²) in [6, 6.07) is 0. The zero-order chi connectivity index (χ0) is 54.5. The van der Waals surface area contributed by atoms with Gasteiger partial charge in [-0.3, -0.25) is 4.79 Å². The van der Waals surface area contributed by atoms with Crippen LogP contribution in [0.2, 0.25) is 0 Å². The summed E-state index contributed by atoms with van der Waals surface area (Å²) in [5.74, 6) is -0.0715. The number of allylic oxidation sites excluding steroid dienone is 3. The lowest BCUT2D eigenvalue weighted by Crippen LogP contribution is -2.71. The second kappa shape index (κ2) is 19.4. The SMILES string of the molecule is C[C@@H]1O[C@@H](O[C@H]2[C@H](O[C@H]3CC[C@]4(C)[C@H]5C=CC6=C7[C@]8(CC[C@](C)(OC8=O)[C@@]7(C)O)CC[C@@]6(C)[C@]5(C)CC[C@H]4C3(C)C)OC[C@H](O)[C@@H]2O[C@@H]2O[C@H](CO)[C@@H](O)[C@H](O)[C@H]2O[C@@H]2OC(CO)[C@@H](O)[C@H](O)[C@H]2O)[C@H](O)[C@H](O)[C@H]1O. The summed E-state index contributed by atoms with van der Waals surface area (Å²) in [7, 11) is 0. The molecule has 6 heterocycles. The second-order valence-corrected chi connectivity index (χ2v) is 25.4. The summed E-state index contributed by atoms with van der Waals surface area (Å²) in [6.07, 6.45) is -22.3. The first kappa shape index (κ1) is 56.4. The maximum absolute atomic E-state index is 13.9. The third kappa shape index (κ3) is 8.27. The Hall–Kier alpha value is -1.85. The van der Waals surface area contributed by atoms with Crippen molar-refractivity contribution >= 4 is 5.97 Å². The molecule has 12 N–H and O–H groups in total. The molecular weight excluding hydrogens is 989 g/mol. The van der Waals surface area contributed by atoms with Crippen LogP contribution in [0.1, 0.15) is 107 Å². The summed E-state index contributed by atoms with van der Waals surface area (Å²) in [6.45, 7) is 14.4. The molecule has 75 heavy (non-hydrogen) atoms. The van der Waals surface area contributed by atoms with Gasteiger partial charge in [-0.25, -0.2) is 0 Å². The molecule has 11 rings (SSSR count). The Morgan fingerprint density at radius 1 is 0.613 bits per heavy atom. The maximum Gasteiger partial charge on any atom is 0.317 e. The molecule has 0 radical (unpaired) electrons. The summed E-state index contributed by atoms with van der Waals surface area (Å²) in [5, 5.41) is 131. The van der Waals surface area contributed by atoms with Gasteiger partial charge in [0, 0.05) is 0 Å². The van der Waals surface area contributed by atoms with E-state index < -0.39 is 165 Å². The van der Waals surface area contributed by atoms with E-state index in [2.05, 4.69) is 46.8 Å². The van der Waals surface area contributed by atoms with Crippen molar-refractivity contribution in [3.63, 3.8) is 0 Å². The average Bonchev–Trinajstić information content (AvgIpc) is 3.36. The standard InChI is InChI=1S/C53H82O22/c1-22-30(57)33(60)36(63)42(68-22)74-40-38(72-45-39(35(62)32(59)26(20-55)70-45)73-43-37(64)34(61)31(58)25(19-54)69-43)24(56)21-67-44(40)71-29-12-13-48(4)27(47(29,2)3)11-14-50(6)28(48)10-9-23-41-52(8,66)51(7)16-18-53(41,46(65)75-51)17-15-49(23,50)5/h9-10,22,24-40,42-45,54-64,66H,11-21H2,1-8H3/t22-,24-,25?,26+,27-,28+,29-,30-,31+,32+,33+,34-,35-,36+,37+,38-,39+,40+,42-,43-,44-,45-,48-,49+,50+,51-,52-,53+/m0/s1. The smallest absolute Gasteiger partial charge is 0.317 e. The fraction of sp³-hybridized carbons (Fsp3) is 0.906. The molecule has 22 nitrogen and oxygen atoms in total. The normalized spacial score (nSPS) is 56.3. The van der Waals surface area contributed by atoms with Crippen LogP contribution < -0.4 is 0 Å². The highest BCUT2D eigenvalue weighted by atomic mass is 16.8. The Morgan fingerprint density at radius 3 is 1.85 bits per heavy atom. The number of carbonyl (C=O) groups is 1. The van der Waals surface area contributed by atoms with Crippen LogP contribution in [0, 0.1) is 38.9 Å². The van der Waals surface area contributed by atoms with Gasteiger partial charge in [0.2, 0.25) is 0 Å². The first-order valence-corrected chi connectivity index (χ1v) is 27.0. The number of esters is 1. The van der Waals surface area contributed by atoms with E-state index in [1.54, 1.807) is 0 Å². The van der Waals surface area contributed by atoms with E-state index in [9.17, 15) is 66.1 Å². The molecule has 1 unspecified atom stereocenters. The second-order valence-electron chi connectivity index (χ2n) is 25.4. The van der Waals surface area contributed by atoms with Crippen LogP contribution in [0.4, 0.5) is 0 Å². The van der Waals surface area contributed by atoms with Crippen LogP contribution in [-0.4, -0.2) is 221 Å². The van der Waals surface area contributed by atoms with Gasteiger partial charge in [0.05, 0.1) is 37.4 Å². The molecule has 6 saturated heterocycles. The zero-order valence-electron chi connectivity index (χ0n) is 44.1. The summed E-state index contributed by atoms with van der Waals surface area (Å²) < 4.78 is 55.6. The molecule has 9 fully saturated rings. The van der Waals surface area contributed by atoms with Crippen LogP contribution in [0.15, 0.2) is 23.3 Å². The number of carbonyl (C=O) groups excluding carboxylic acids is 1. The van der Waals surface area contributed by atoms with E-state index >= 15 is 0 Å². The lowest BCUT2D eigenvalue weighted by molar-refractivity contribution is -0.401.